The van der Waals surface area contributed by atoms with Crippen molar-refractivity contribution in [3.63, 3.8) is 0 Å². The molecule has 6 nitrogen and oxygen atoms in total. The predicted octanol–water partition coefficient (Wildman–Crippen LogP) is 3.49. The molecule has 0 aliphatic heterocycles. The summed E-state index contributed by atoms with van der Waals surface area (Å²) in [6, 6.07) is 11.8. The molecule has 0 aliphatic carbocycles. The zero-order chi connectivity index (χ0) is 19.6. The maximum absolute atomic E-state index is 6.22. The summed E-state index contributed by atoms with van der Waals surface area (Å²) in [7, 11) is 3.19. The Bertz CT molecular complexity index is 966. The molecule has 1 aromatic heterocycles. The quantitative estimate of drug-likeness (QED) is 0.719. The van der Waals surface area contributed by atoms with Crippen molar-refractivity contribution in [2.75, 3.05) is 20.0 Å². The van der Waals surface area contributed by atoms with E-state index in [1.807, 2.05) is 18.2 Å². The Kier molecular flexibility index (Phi) is 5.28. The number of hydrogen-bond donors (Lipinski definition) is 2. The fraction of sp³-hybridized carbons (Fsp3) is 0.238. The first-order valence-corrected chi connectivity index (χ1v) is 8.64. The number of rotatable bonds is 5. The molecular formula is C21H24N4O2. The number of nitrogens with zero attached hydrogens (tertiary/aromatic N) is 2. The molecule has 0 saturated carbocycles. The third-order valence-electron chi connectivity index (χ3n) is 4.38. The molecule has 0 unspecified atom stereocenters. The lowest BCUT2D eigenvalue weighted by atomic mass is 10.0. The van der Waals surface area contributed by atoms with Gasteiger partial charge in [-0.15, -0.1) is 0 Å². The van der Waals surface area contributed by atoms with Crippen molar-refractivity contribution in [3.05, 3.63) is 53.1 Å². The van der Waals surface area contributed by atoms with Crippen LogP contribution in [0.4, 0.5) is 5.82 Å². The Morgan fingerprint density at radius 2 is 1.52 bits per heavy atom. The van der Waals surface area contributed by atoms with Crippen molar-refractivity contribution in [2.24, 2.45) is 5.73 Å². The van der Waals surface area contributed by atoms with Gasteiger partial charge in [0.05, 0.1) is 19.9 Å². The SMILES string of the molecule is COc1ccc(-c2nc(N)c(CN)c(-c3cc(C)cc(C)c3)n2)cc1OC. The van der Waals surface area contributed by atoms with E-state index < -0.39 is 0 Å². The number of benzene rings is 2. The molecule has 0 amide bonds. The van der Waals surface area contributed by atoms with Crippen molar-refractivity contribution < 1.29 is 9.47 Å². The number of hydrogen-bond acceptors (Lipinski definition) is 6. The minimum atomic E-state index is 0.264. The van der Waals surface area contributed by atoms with E-state index in [2.05, 4.69) is 37.0 Å². The number of aryl methyl sites for hydroxylation is 2. The Labute approximate surface area is 159 Å². The largest absolute Gasteiger partial charge is 0.493 e. The average molecular weight is 364 g/mol. The summed E-state index contributed by atoms with van der Waals surface area (Å²) in [6.07, 6.45) is 0. The molecule has 0 fully saturated rings. The van der Waals surface area contributed by atoms with Crippen LogP contribution in [0.3, 0.4) is 0 Å². The predicted molar refractivity (Wildman–Crippen MR) is 108 cm³/mol. The van der Waals surface area contributed by atoms with Crippen LogP contribution in [0.2, 0.25) is 0 Å². The number of anilines is 1. The van der Waals surface area contributed by atoms with Gasteiger partial charge in [-0.3, -0.25) is 0 Å². The summed E-state index contributed by atoms with van der Waals surface area (Å²) in [4.78, 5) is 9.26. The topological polar surface area (TPSA) is 96.3 Å². The van der Waals surface area contributed by atoms with Gasteiger partial charge in [-0.25, -0.2) is 9.97 Å². The van der Waals surface area contributed by atoms with Crippen molar-refractivity contribution in [1.82, 2.24) is 9.97 Å². The maximum atomic E-state index is 6.22. The van der Waals surface area contributed by atoms with E-state index in [4.69, 9.17) is 25.9 Å². The van der Waals surface area contributed by atoms with Crippen LogP contribution >= 0.6 is 0 Å². The average Bonchev–Trinajstić information content (AvgIpc) is 2.65. The molecule has 6 heteroatoms. The van der Waals surface area contributed by atoms with Crippen LogP contribution in [-0.2, 0) is 6.54 Å². The Morgan fingerprint density at radius 1 is 0.852 bits per heavy atom. The first kappa shape index (κ1) is 18.7. The molecule has 0 radical (unpaired) electrons. The van der Waals surface area contributed by atoms with Gasteiger partial charge in [-0.2, -0.15) is 0 Å². The van der Waals surface area contributed by atoms with Crippen LogP contribution in [0.15, 0.2) is 36.4 Å². The van der Waals surface area contributed by atoms with Gasteiger partial charge in [0.15, 0.2) is 17.3 Å². The second-order valence-electron chi connectivity index (χ2n) is 6.41. The van der Waals surface area contributed by atoms with Crippen LogP contribution in [0, 0.1) is 13.8 Å². The lowest BCUT2D eigenvalue weighted by Gasteiger charge is -2.14. The monoisotopic (exact) mass is 364 g/mol. The maximum Gasteiger partial charge on any atom is 0.162 e. The number of methoxy groups -OCH3 is 2. The standard InChI is InChI=1S/C21H24N4O2/c1-12-7-13(2)9-15(8-12)19-16(11-22)20(23)25-21(24-19)14-5-6-17(26-3)18(10-14)27-4/h5-10H,11,22H2,1-4H3,(H2,23,24,25). The van der Waals surface area contributed by atoms with Gasteiger partial charge in [-0.05, 0) is 44.2 Å². The van der Waals surface area contributed by atoms with E-state index >= 15 is 0 Å². The highest BCUT2D eigenvalue weighted by Gasteiger charge is 2.16. The number of aromatic nitrogens is 2. The third-order valence-corrected chi connectivity index (χ3v) is 4.38. The lowest BCUT2D eigenvalue weighted by Crippen LogP contribution is -2.09. The third kappa shape index (κ3) is 3.71. The highest BCUT2D eigenvalue weighted by molar-refractivity contribution is 5.73. The zero-order valence-electron chi connectivity index (χ0n) is 16.0. The molecule has 0 aliphatic rings. The summed E-state index contributed by atoms with van der Waals surface area (Å²) in [5, 5.41) is 0. The Hall–Kier alpha value is -3.12. The molecule has 4 N–H and O–H groups in total. The molecule has 0 saturated heterocycles. The highest BCUT2D eigenvalue weighted by atomic mass is 16.5. The number of nitrogens with two attached hydrogens (primary N) is 2. The van der Waals surface area contributed by atoms with E-state index in [1.54, 1.807) is 14.2 Å². The summed E-state index contributed by atoms with van der Waals surface area (Å²) in [6.45, 7) is 4.37. The van der Waals surface area contributed by atoms with Crippen molar-refractivity contribution in [3.8, 4) is 34.1 Å². The van der Waals surface area contributed by atoms with E-state index in [0.29, 0.717) is 23.1 Å². The van der Waals surface area contributed by atoms with Crippen LogP contribution in [0.5, 0.6) is 11.5 Å². The van der Waals surface area contributed by atoms with Gasteiger partial charge in [0.25, 0.3) is 0 Å². The molecule has 0 spiro atoms. The Balaban J connectivity index is 2.20. The van der Waals surface area contributed by atoms with Crippen LogP contribution in [0.1, 0.15) is 16.7 Å². The van der Waals surface area contributed by atoms with Crippen LogP contribution in [0.25, 0.3) is 22.6 Å². The van der Waals surface area contributed by atoms with Gasteiger partial charge in [0.2, 0.25) is 0 Å². The minimum Gasteiger partial charge on any atom is -0.493 e. The summed E-state index contributed by atoms with van der Waals surface area (Å²) in [5.74, 6) is 2.14. The van der Waals surface area contributed by atoms with Gasteiger partial charge in [0.1, 0.15) is 5.82 Å². The molecule has 0 bridgehead atoms. The molecule has 2 aromatic carbocycles. The van der Waals surface area contributed by atoms with E-state index in [0.717, 1.165) is 33.5 Å². The van der Waals surface area contributed by atoms with E-state index in [1.165, 1.54) is 0 Å². The molecule has 140 valence electrons. The van der Waals surface area contributed by atoms with Crippen molar-refractivity contribution in [2.45, 2.75) is 20.4 Å². The smallest absolute Gasteiger partial charge is 0.162 e. The molecule has 3 rings (SSSR count). The van der Waals surface area contributed by atoms with Crippen molar-refractivity contribution in [1.29, 1.82) is 0 Å². The second-order valence-corrected chi connectivity index (χ2v) is 6.41. The number of nitrogen functional groups attached to an aromatic ring is 1. The molecule has 3 aromatic rings. The fourth-order valence-electron chi connectivity index (χ4n) is 3.16. The molecular weight excluding hydrogens is 340 g/mol. The minimum absolute atomic E-state index is 0.264. The molecule has 1 heterocycles. The van der Waals surface area contributed by atoms with Gasteiger partial charge < -0.3 is 20.9 Å². The van der Waals surface area contributed by atoms with Crippen LogP contribution < -0.4 is 20.9 Å². The van der Waals surface area contributed by atoms with E-state index in [-0.39, 0.29) is 6.54 Å². The number of ether oxygens (including phenoxy) is 2. The summed E-state index contributed by atoms with van der Waals surface area (Å²) in [5.41, 5.74) is 17.7. The highest BCUT2D eigenvalue weighted by Crippen LogP contribution is 2.34. The first-order chi connectivity index (χ1) is 13.0. The van der Waals surface area contributed by atoms with Crippen molar-refractivity contribution >= 4 is 5.82 Å². The first-order valence-electron chi connectivity index (χ1n) is 8.64. The second kappa shape index (κ2) is 7.63. The molecule has 27 heavy (non-hydrogen) atoms. The Morgan fingerprint density at radius 3 is 2.11 bits per heavy atom. The van der Waals surface area contributed by atoms with E-state index in [9.17, 15) is 0 Å². The summed E-state index contributed by atoms with van der Waals surface area (Å²) < 4.78 is 10.7. The zero-order valence-corrected chi connectivity index (χ0v) is 16.0. The van der Waals surface area contributed by atoms with Gasteiger partial charge in [0, 0.05) is 23.2 Å². The lowest BCUT2D eigenvalue weighted by molar-refractivity contribution is 0.355. The normalized spacial score (nSPS) is 10.7. The van der Waals surface area contributed by atoms with Crippen LogP contribution in [-0.4, -0.2) is 24.2 Å². The molecule has 0 atom stereocenters. The fourth-order valence-corrected chi connectivity index (χ4v) is 3.16. The van der Waals surface area contributed by atoms with Gasteiger partial charge in [-0.1, -0.05) is 17.2 Å². The summed E-state index contributed by atoms with van der Waals surface area (Å²) >= 11 is 0. The van der Waals surface area contributed by atoms with Gasteiger partial charge >= 0.3 is 0 Å².